The zero-order chi connectivity index (χ0) is 14.7. The van der Waals surface area contributed by atoms with E-state index >= 15 is 0 Å². The lowest BCUT2D eigenvalue weighted by Crippen LogP contribution is -2.59. The number of carbonyl (C=O) groups excluding carboxylic acids is 1. The summed E-state index contributed by atoms with van der Waals surface area (Å²) in [5, 5.41) is 0. The van der Waals surface area contributed by atoms with Crippen LogP contribution in [0.4, 0.5) is 4.79 Å². The molecule has 116 valence electrons. The highest BCUT2D eigenvalue weighted by molar-refractivity contribution is 5.69. The van der Waals surface area contributed by atoms with E-state index in [0.717, 1.165) is 23.9 Å². The van der Waals surface area contributed by atoms with Gasteiger partial charge in [0.25, 0.3) is 0 Å². The monoisotopic (exact) mass is 289 g/mol. The summed E-state index contributed by atoms with van der Waals surface area (Å²) in [4.78, 5) is 14.0. The van der Waals surface area contributed by atoms with Gasteiger partial charge >= 0.3 is 6.09 Å². The maximum absolute atomic E-state index is 12.1. The Balaban J connectivity index is 1.18. The maximum atomic E-state index is 12.1. The molecule has 0 aromatic heterocycles. The van der Waals surface area contributed by atoms with Gasteiger partial charge in [0.2, 0.25) is 0 Å². The SMILES string of the molecule is CC(C)(C)OC(=O)N1CC2(CCCC34C5C3C54CCC2)C1. The third kappa shape index (κ3) is 1.44. The standard InChI is InChI=1S/C18H27NO2/c1-15(2,3)21-14(20)19-10-16(11-19)6-4-8-17-12-13(17)18(12,17)9-5-7-16/h12-13H,4-11H2,1-3H3. The van der Waals surface area contributed by atoms with Crippen LogP contribution in [-0.2, 0) is 4.74 Å². The van der Waals surface area contributed by atoms with Gasteiger partial charge in [0.1, 0.15) is 5.60 Å². The highest BCUT2D eigenvalue weighted by atomic mass is 16.6. The summed E-state index contributed by atoms with van der Waals surface area (Å²) in [5.74, 6) is 2.39. The van der Waals surface area contributed by atoms with Gasteiger partial charge in [0, 0.05) is 18.5 Å². The zero-order valence-electron chi connectivity index (χ0n) is 13.6. The third-order valence-electron chi connectivity index (χ3n) is 7.33. The van der Waals surface area contributed by atoms with Crippen molar-refractivity contribution in [1.82, 2.24) is 4.90 Å². The minimum atomic E-state index is -0.373. The molecule has 1 amide bonds. The molecule has 0 N–H and O–H groups in total. The Bertz CT molecular complexity index is 490. The Morgan fingerprint density at radius 1 is 1.00 bits per heavy atom. The summed E-state index contributed by atoms with van der Waals surface area (Å²) in [6, 6.07) is 0. The van der Waals surface area contributed by atoms with Crippen LogP contribution in [0.2, 0.25) is 0 Å². The van der Waals surface area contributed by atoms with Gasteiger partial charge in [-0.15, -0.1) is 0 Å². The fourth-order valence-electron chi connectivity index (χ4n) is 6.22. The zero-order valence-corrected chi connectivity index (χ0v) is 13.6. The van der Waals surface area contributed by atoms with E-state index in [2.05, 4.69) is 0 Å². The van der Waals surface area contributed by atoms with Crippen LogP contribution in [0.25, 0.3) is 0 Å². The summed E-state index contributed by atoms with van der Waals surface area (Å²) in [6.45, 7) is 7.71. The molecule has 3 spiro atoms. The van der Waals surface area contributed by atoms with E-state index in [0.29, 0.717) is 5.41 Å². The van der Waals surface area contributed by atoms with Gasteiger partial charge in [-0.3, -0.25) is 0 Å². The number of rotatable bonds is 0. The van der Waals surface area contributed by atoms with Crippen LogP contribution in [0, 0.1) is 28.1 Å². The van der Waals surface area contributed by atoms with Crippen LogP contribution in [-0.4, -0.2) is 29.7 Å². The van der Waals surface area contributed by atoms with Gasteiger partial charge in [-0.2, -0.15) is 0 Å². The van der Waals surface area contributed by atoms with Crippen LogP contribution >= 0.6 is 0 Å². The Morgan fingerprint density at radius 2 is 1.52 bits per heavy atom. The Morgan fingerprint density at radius 3 is 2.00 bits per heavy atom. The number of hydrogen-bond donors (Lipinski definition) is 0. The first-order valence-electron chi connectivity index (χ1n) is 8.83. The molecule has 0 aromatic carbocycles. The fraction of sp³-hybridized carbons (Fsp3) is 0.944. The molecule has 0 unspecified atom stereocenters. The average Bonchev–Trinajstić information content (AvgIpc) is 3.19. The fourth-order valence-corrected chi connectivity index (χ4v) is 6.22. The normalized spacial score (nSPS) is 48.0. The summed E-state index contributed by atoms with van der Waals surface area (Å²) >= 11 is 0. The molecule has 3 heteroatoms. The lowest BCUT2D eigenvalue weighted by Gasteiger charge is -2.50. The number of ether oxygens (including phenoxy) is 1. The maximum Gasteiger partial charge on any atom is 0.410 e. The molecule has 0 radical (unpaired) electrons. The van der Waals surface area contributed by atoms with E-state index in [1.165, 1.54) is 50.4 Å². The van der Waals surface area contributed by atoms with Crippen molar-refractivity contribution in [2.75, 3.05) is 13.1 Å². The van der Waals surface area contributed by atoms with Crippen LogP contribution in [0.3, 0.4) is 0 Å². The van der Waals surface area contributed by atoms with Crippen LogP contribution in [0.5, 0.6) is 0 Å². The molecule has 1 saturated heterocycles. The van der Waals surface area contributed by atoms with E-state index in [1.54, 1.807) is 0 Å². The van der Waals surface area contributed by atoms with Crippen LogP contribution in [0.1, 0.15) is 59.3 Å². The molecule has 1 heterocycles. The Kier molecular flexibility index (Phi) is 2.00. The van der Waals surface area contributed by atoms with E-state index in [9.17, 15) is 4.79 Å². The molecule has 21 heavy (non-hydrogen) atoms. The van der Waals surface area contributed by atoms with E-state index in [1.807, 2.05) is 25.7 Å². The van der Waals surface area contributed by atoms with E-state index in [-0.39, 0.29) is 11.7 Å². The van der Waals surface area contributed by atoms with Gasteiger partial charge in [-0.25, -0.2) is 4.79 Å². The van der Waals surface area contributed by atoms with Gasteiger partial charge in [0.05, 0.1) is 0 Å². The summed E-state index contributed by atoms with van der Waals surface area (Å²) in [6.07, 6.45) is 8.36. The van der Waals surface area contributed by atoms with Crippen molar-refractivity contribution < 1.29 is 9.53 Å². The molecule has 6 rings (SSSR count). The van der Waals surface area contributed by atoms with Crippen molar-refractivity contribution in [3.05, 3.63) is 0 Å². The van der Waals surface area contributed by atoms with E-state index < -0.39 is 0 Å². The first kappa shape index (κ1) is 12.8. The summed E-state index contributed by atoms with van der Waals surface area (Å²) < 4.78 is 5.49. The molecular formula is C18H27NO2. The first-order chi connectivity index (χ1) is 9.85. The predicted octanol–water partition coefficient (Wildman–Crippen LogP) is 3.82. The second-order valence-corrected chi connectivity index (χ2v) is 9.58. The largest absolute Gasteiger partial charge is 0.444 e. The molecule has 6 aliphatic rings. The van der Waals surface area contributed by atoms with Gasteiger partial charge in [-0.1, -0.05) is 12.8 Å². The smallest absolute Gasteiger partial charge is 0.410 e. The molecule has 5 aliphatic carbocycles. The van der Waals surface area contributed by atoms with Crippen molar-refractivity contribution in [3.8, 4) is 0 Å². The lowest BCUT2D eigenvalue weighted by atomic mass is 9.72. The molecule has 6 fully saturated rings. The number of amides is 1. The first-order valence-corrected chi connectivity index (χ1v) is 8.83. The van der Waals surface area contributed by atoms with Crippen molar-refractivity contribution in [2.45, 2.75) is 64.9 Å². The average molecular weight is 289 g/mol. The van der Waals surface area contributed by atoms with Gasteiger partial charge in [-0.05, 0) is 69.1 Å². The van der Waals surface area contributed by atoms with Gasteiger partial charge < -0.3 is 9.64 Å². The van der Waals surface area contributed by atoms with Crippen molar-refractivity contribution in [2.24, 2.45) is 28.1 Å². The summed E-state index contributed by atoms with van der Waals surface area (Å²) in [7, 11) is 0. The van der Waals surface area contributed by atoms with Crippen LogP contribution < -0.4 is 0 Å². The minimum Gasteiger partial charge on any atom is -0.444 e. The predicted molar refractivity (Wildman–Crippen MR) is 79.8 cm³/mol. The van der Waals surface area contributed by atoms with Crippen molar-refractivity contribution in [3.63, 3.8) is 0 Å². The number of carbonyl (C=O) groups is 1. The minimum absolute atomic E-state index is 0.111. The van der Waals surface area contributed by atoms with Crippen molar-refractivity contribution in [1.29, 1.82) is 0 Å². The number of hydrogen-bond acceptors (Lipinski definition) is 2. The molecule has 0 aromatic rings. The van der Waals surface area contributed by atoms with Crippen molar-refractivity contribution >= 4 is 6.09 Å². The van der Waals surface area contributed by atoms with E-state index in [4.69, 9.17) is 4.74 Å². The molecule has 3 nitrogen and oxygen atoms in total. The second-order valence-electron chi connectivity index (χ2n) is 9.58. The van der Waals surface area contributed by atoms with Crippen LogP contribution in [0.15, 0.2) is 0 Å². The second kappa shape index (κ2) is 3.28. The molecule has 0 bridgehead atoms. The van der Waals surface area contributed by atoms with Gasteiger partial charge in [0.15, 0.2) is 0 Å². The molecule has 1 aliphatic heterocycles. The molecule has 0 atom stereocenters. The number of nitrogens with zero attached hydrogens (tertiary/aromatic N) is 1. The highest BCUT2D eigenvalue weighted by Crippen LogP contribution is 3.20. The Hall–Kier alpha value is -0.730. The number of likely N-dealkylation sites (tertiary alicyclic amines) is 1. The lowest BCUT2D eigenvalue weighted by molar-refractivity contribution is -0.0427. The summed E-state index contributed by atoms with van der Waals surface area (Å²) in [5.41, 5.74) is 1.85. The quantitative estimate of drug-likeness (QED) is 0.678. The Labute approximate surface area is 127 Å². The topological polar surface area (TPSA) is 29.5 Å². The molecular weight excluding hydrogens is 262 g/mol. The third-order valence-corrected chi connectivity index (χ3v) is 7.33. The highest BCUT2D eigenvalue weighted by Gasteiger charge is 3.17. The molecule has 5 saturated carbocycles.